The van der Waals surface area contributed by atoms with E-state index in [0.29, 0.717) is 0 Å². The first-order valence-corrected chi connectivity index (χ1v) is 11.2. The molecule has 3 rings (SSSR count). The Morgan fingerprint density at radius 1 is 0.903 bits per heavy atom. The second kappa shape index (κ2) is 10.4. The zero-order valence-corrected chi connectivity index (χ0v) is 19.3. The van der Waals surface area contributed by atoms with Crippen molar-refractivity contribution >= 4 is 28.8 Å². The topological polar surface area (TPSA) is 61.4 Å². The maximum absolute atomic E-state index is 12.8. The van der Waals surface area contributed by atoms with Crippen LogP contribution in [0, 0.1) is 20.8 Å². The fourth-order valence-electron chi connectivity index (χ4n) is 3.48. The highest BCUT2D eigenvalue weighted by Crippen LogP contribution is 2.26. The number of rotatable bonds is 8. The molecule has 0 aliphatic heterocycles. The number of nitrogens with one attached hydrogen (secondary N) is 2. The van der Waals surface area contributed by atoms with Crippen molar-refractivity contribution in [2.24, 2.45) is 0 Å². The predicted octanol–water partition coefficient (Wildman–Crippen LogP) is 4.45. The molecule has 0 saturated heterocycles. The molecule has 6 heteroatoms. The molecule has 2 N–H and O–H groups in total. The van der Waals surface area contributed by atoms with Crippen molar-refractivity contribution in [2.45, 2.75) is 26.8 Å². The molecular formula is C25H29N3O2S. The van der Waals surface area contributed by atoms with Gasteiger partial charge in [0, 0.05) is 10.6 Å². The molecule has 2 aromatic carbocycles. The van der Waals surface area contributed by atoms with E-state index < -0.39 is 0 Å². The number of carbonyl (C=O) groups excluding carboxylic acids is 2. The summed E-state index contributed by atoms with van der Waals surface area (Å²) < 4.78 is 0. The predicted molar refractivity (Wildman–Crippen MR) is 128 cm³/mol. The first-order chi connectivity index (χ1) is 14.8. The first-order valence-electron chi connectivity index (χ1n) is 10.3. The van der Waals surface area contributed by atoms with E-state index in [9.17, 15) is 9.59 Å². The molecule has 0 radical (unpaired) electrons. The molecule has 162 valence electrons. The highest BCUT2D eigenvalue weighted by atomic mass is 32.1. The molecule has 1 unspecified atom stereocenters. The van der Waals surface area contributed by atoms with Gasteiger partial charge in [-0.15, -0.1) is 11.3 Å². The third kappa shape index (κ3) is 6.26. The van der Waals surface area contributed by atoms with Crippen LogP contribution in [0.1, 0.15) is 33.2 Å². The minimum atomic E-state index is -0.204. The molecular weight excluding hydrogens is 406 g/mol. The first kappa shape index (κ1) is 22.7. The quantitative estimate of drug-likeness (QED) is 0.550. The Morgan fingerprint density at radius 2 is 1.55 bits per heavy atom. The number of para-hydroxylation sites is 1. The van der Waals surface area contributed by atoms with Crippen molar-refractivity contribution in [3.63, 3.8) is 0 Å². The molecule has 0 spiro atoms. The Morgan fingerprint density at radius 3 is 2.16 bits per heavy atom. The zero-order chi connectivity index (χ0) is 22.4. The van der Waals surface area contributed by atoms with Crippen molar-refractivity contribution in [1.82, 2.24) is 10.2 Å². The van der Waals surface area contributed by atoms with Gasteiger partial charge in [-0.2, -0.15) is 0 Å². The lowest BCUT2D eigenvalue weighted by molar-refractivity contribution is -0.123. The SMILES string of the molecule is Cc1ccc(C(NC(=O)CN(C)CC(=O)Nc2c(C)cccc2C)c2cccs2)cc1. The lowest BCUT2D eigenvalue weighted by Crippen LogP contribution is -2.40. The molecule has 0 fully saturated rings. The number of benzene rings is 2. The Hall–Kier alpha value is -2.96. The van der Waals surface area contributed by atoms with Crippen LogP contribution >= 0.6 is 11.3 Å². The summed E-state index contributed by atoms with van der Waals surface area (Å²) in [5, 5.41) is 8.10. The van der Waals surface area contributed by atoms with Gasteiger partial charge in [0.25, 0.3) is 0 Å². The van der Waals surface area contributed by atoms with Crippen LogP contribution in [-0.4, -0.2) is 36.9 Å². The lowest BCUT2D eigenvalue weighted by Gasteiger charge is -2.21. The highest BCUT2D eigenvalue weighted by molar-refractivity contribution is 7.10. The molecule has 0 aliphatic rings. The number of anilines is 1. The van der Waals surface area contributed by atoms with Gasteiger partial charge in [-0.25, -0.2) is 0 Å². The number of hydrogen-bond donors (Lipinski definition) is 2. The standard InChI is InChI=1S/C25H29N3O2S/c1-17-10-12-20(13-11-17)25(21-9-6-14-31-21)27-23(30)16-28(4)15-22(29)26-24-18(2)7-5-8-19(24)3/h5-14,25H,15-16H2,1-4H3,(H,26,29)(H,27,30). The molecule has 1 aromatic heterocycles. The molecule has 31 heavy (non-hydrogen) atoms. The van der Waals surface area contributed by atoms with E-state index in [1.807, 2.05) is 80.7 Å². The van der Waals surface area contributed by atoms with Gasteiger partial charge < -0.3 is 10.6 Å². The second-order valence-electron chi connectivity index (χ2n) is 7.91. The van der Waals surface area contributed by atoms with Crippen molar-refractivity contribution in [1.29, 1.82) is 0 Å². The van der Waals surface area contributed by atoms with Gasteiger partial charge in [0.2, 0.25) is 11.8 Å². The summed E-state index contributed by atoms with van der Waals surface area (Å²) in [6, 6.07) is 17.9. The van der Waals surface area contributed by atoms with Crippen LogP contribution in [-0.2, 0) is 9.59 Å². The van der Waals surface area contributed by atoms with Crippen molar-refractivity contribution in [2.75, 3.05) is 25.5 Å². The van der Waals surface area contributed by atoms with Gasteiger partial charge in [-0.3, -0.25) is 14.5 Å². The summed E-state index contributed by atoms with van der Waals surface area (Å²) in [4.78, 5) is 28.1. The van der Waals surface area contributed by atoms with Gasteiger partial charge in [0.05, 0.1) is 19.1 Å². The molecule has 0 bridgehead atoms. The van der Waals surface area contributed by atoms with E-state index in [-0.39, 0.29) is 30.9 Å². The van der Waals surface area contributed by atoms with Gasteiger partial charge >= 0.3 is 0 Å². The van der Waals surface area contributed by atoms with Gasteiger partial charge in [0.1, 0.15) is 0 Å². The van der Waals surface area contributed by atoms with E-state index in [1.165, 1.54) is 5.56 Å². The van der Waals surface area contributed by atoms with Gasteiger partial charge in [0.15, 0.2) is 0 Å². The molecule has 5 nitrogen and oxygen atoms in total. The Balaban J connectivity index is 1.60. The third-order valence-electron chi connectivity index (χ3n) is 5.12. The summed E-state index contributed by atoms with van der Waals surface area (Å²) in [6.45, 7) is 6.25. The number of thiophene rings is 1. The Bertz CT molecular complexity index is 1010. The van der Waals surface area contributed by atoms with Crippen molar-refractivity contribution in [3.05, 3.63) is 87.1 Å². The highest BCUT2D eigenvalue weighted by Gasteiger charge is 2.19. The maximum atomic E-state index is 12.8. The number of hydrogen-bond acceptors (Lipinski definition) is 4. The second-order valence-corrected chi connectivity index (χ2v) is 8.89. The number of likely N-dealkylation sites (N-methyl/N-ethyl adjacent to an activating group) is 1. The summed E-state index contributed by atoms with van der Waals surface area (Å²) in [5.41, 5.74) is 5.09. The van der Waals surface area contributed by atoms with Crippen LogP contribution in [0.2, 0.25) is 0 Å². The van der Waals surface area contributed by atoms with Crippen LogP contribution < -0.4 is 10.6 Å². The van der Waals surface area contributed by atoms with E-state index in [4.69, 9.17) is 0 Å². The maximum Gasteiger partial charge on any atom is 0.238 e. The average molecular weight is 436 g/mol. The van der Waals surface area contributed by atoms with Crippen LogP contribution in [0.3, 0.4) is 0 Å². The minimum Gasteiger partial charge on any atom is -0.343 e. The molecule has 0 saturated carbocycles. The normalized spacial score (nSPS) is 11.9. The molecule has 0 aliphatic carbocycles. The summed E-state index contributed by atoms with van der Waals surface area (Å²) in [7, 11) is 1.77. The molecule has 2 amide bonds. The van der Waals surface area contributed by atoms with Crippen LogP contribution in [0.4, 0.5) is 5.69 Å². The van der Waals surface area contributed by atoms with Gasteiger partial charge in [-0.1, -0.05) is 54.1 Å². The van der Waals surface area contributed by atoms with Gasteiger partial charge in [-0.05, 0) is 56.0 Å². The summed E-state index contributed by atoms with van der Waals surface area (Å²) >= 11 is 1.61. The minimum absolute atomic E-state index is 0.124. The summed E-state index contributed by atoms with van der Waals surface area (Å²) in [5.74, 6) is -0.262. The largest absolute Gasteiger partial charge is 0.343 e. The third-order valence-corrected chi connectivity index (χ3v) is 6.05. The monoisotopic (exact) mass is 435 g/mol. The zero-order valence-electron chi connectivity index (χ0n) is 18.4. The molecule has 3 aromatic rings. The summed E-state index contributed by atoms with van der Waals surface area (Å²) in [6.07, 6.45) is 0. The van der Waals surface area contributed by atoms with Crippen LogP contribution in [0.25, 0.3) is 0 Å². The fraction of sp³-hybridized carbons (Fsp3) is 0.280. The number of amides is 2. The lowest BCUT2D eigenvalue weighted by atomic mass is 10.0. The van der Waals surface area contributed by atoms with Crippen molar-refractivity contribution < 1.29 is 9.59 Å². The van der Waals surface area contributed by atoms with E-state index in [0.717, 1.165) is 27.3 Å². The van der Waals surface area contributed by atoms with Crippen molar-refractivity contribution in [3.8, 4) is 0 Å². The number of carbonyl (C=O) groups is 2. The van der Waals surface area contributed by atoms with Crippen LogP contribution in [0.15, 0.2) is 60.0 Å². The molecule has 1 atom stereocenters. The molecule has 1 heterocycles. The Labute approximate surface area is 188 Å². The van der Waals surface area contributed by atoms with Crippen LogP contribution in [0.5, 0.6) is 0 Å². The number of aryl methyl sites for hydroxylation is 3. The average Bonchev–Trinajstić information content (AvgIpc) is 3.24. The Kier molecular flexibility index (Phi) is 7.60. The van der Waals surface area contributed by atoms with E-state index in [2.05, 4.69) is 10.6 Å². The van der Waals surface area contributed by atoms with E-state index in [1.54, 1.807) is 23.3 Å². The fourth-order valence-corrected chi connectivity index (χ4v) is 4.28. The smallest absolute Gasteiger partial charge is 0.238 e. The van der Waals surface area contributed by atoms with E-state index >= 15 is 0 Å². The number of nitrogens with zero attached hydrogens (tertiary/aromatic N) is 1.